The van der Waals surface area contributed by atoms with Crippen molar-refractivity contribution in [2.45, 2.75) is 26.3 Å². The molecule has 0 saturated carbocycles. The van der Waals surface area contributed by atoms with Gasteiger partial charge in [0.1, 0.15) is 0 Å². The van der Waals surface area contributed by atoms with E-state index >= 15 is 0 Å². The summed E-state index contributed by atoms with van der Waals surface area (Å²) in [5.74, 6) is 0.251. The summed E-state index contributed by atoms with van der Waals surface area (Å²) in [6.45, 7) is 6.07. The molecule has 1 amide bonds. The van der Waals surface area contributed by atoms with Crippen LogP contribution in [-0.4, -0.2) is 33.8 Å². The van der Waals surface area contributed by atoms with Crippen LogP contribution in [0.4, 0.5) is 0 Å². The molecule has 9 heteroatoms. The van der Waals surface area contributed by atoms with Crippen LogP contribution < -0.4 is 10.6 Å². The molecule has 3 rings (SSSR count). The molecule has 1 fully saturated rings. The molecule has 0 aliphatic carbocycles. The van der Waals surface area contributed by atoms with Crippen LogP contribution >= 0.6 is 36.2 Å². The summed E-state index contributed by atoms with van der Waals surface area (Å²) in [6.07, 6.45) is 3.85. The van der Waals surface area contributed by atoms with Crippen molar-refractivity contribution in [1.82, 2.24) is 25.4 Å². The van der Waals surface area contributed by atoms with E-state index < -0.39 is 0 Å². The second kappa shape index (κ2) is 8.80. The van der Waals surface area contributed by atoms with Gasteiger partial charge in [0.2, 0.25) is 5.91 Å². The number of hydrogen-bond acceptors (Lipinski definition) is 5. The first-order valence-electron chi connectivity index (χ1n) is 7.44. The third-order valence-corrected chi connectivity index (χ3v) is 5.20. The Labute approximate surface area is 158 Å². The number of hydrogen-bond donors (Lipinski definition) is 2. The van der Waals surface area contributed by atoms with Crippen LogP contribution in [0.2, 0.25) is 0 Å². The average Bonchev–Trinajstić information content (AvgIpc) is 3.16. The zero-order chi connectivity index (χ0) is 15.7. The Morgan fingerprint density at radius 1 is 1.42 bits per heavy atom. The number of aromatic nitrogens is 3. The third kappa shape index (κ3) is 4.47. The number of carbonyl (C=O) groups is 1. The number of nitrogens with zero attached hydrogens (tertiary/aromatic N) is 3. The summed E-state index contributed by atoms with van der Waals surface area (Å²) in [5.41, 5.74) is 2.13. The van der Waals surface area contributed by atoms with Crippen LogP contribution in [0.3, 0.4) is 0 Å². The van der Waals surface area contributed by atoms with Crippen molar-refractivity contribution in [3.05, 3.63) is 33.5 Å². The molecule has 1 aliphatic rings. The molecule has 0 aromatic carbocycles. The van der Waals surface area contributed by atoms with Crippen molar-refractivity contribution >= 4 is 42.1 Å². The minimum absolute atomic E-state index is 0. The molecule has 24 heavy (non-hydrogen) atoms. The van der Waals surface area contributed by atoms with Crippen molar-refractivity contribution in [3.8, 4) is 0 Å². The standard InChI is InChI=1S/C15H21N5OS.2ClH/c1-9-14(22-10(2)19-9)7-17-15(21)13-6-16-5-12(13)11-4-18-20(3)8-11;;/h4,8,12-13,16H,5-7H2,1-3H3,(H,17,21);2*1H/t12-,13+;;/m1../s1. The number of aryl methyl sites for hydroxylation is 3. The van der Waals surface area contributed by atoms with Gasteiger partial charge in [-0.15, -0.1) is 36.2 Å². The predicted molar refractivity (Wildman–Crippen MR) is 100 cm³/mol. The lowest BCUT2D eigenvalue weighted by molar-refractivity contribution is -0.124. The normalized spacial score (nSPS) is 19.5. The summed E-state index contributed by atoms with van der Waals surface area (Å²) >= 11 is 1.64. The highest BCUT2D eigenvalue weighted by molar-refractivity contribution is 7.11. The van der Waals surface area contributed by atoms with Crippen LogP contribution in [-0.2, 0) is 18.4 Å². The van der Waals surface area contributed by atoms with Gasteiger partial charge in [0, 0.05) is 37.1 Å². The topological polar surface area (TPSA) is 71.8 Å². The maximum atomic E-state index is 12.5. The van der Waals surface area contributed by atoms with E-state index in [2.05, 4.69) is 20.7 Å². The quantitative estimate of drug-likeness (QED) is 0.835. The molecule has 2 aromatic heterocycles. The summed E-state index contributed by atoms with van der Waals surface area (Å²) in [5, 5.41) is 11.6. The Hall–Kier alpha value is -1.15. The molecule has 2 aromatic rings. The lowest BCUT2D eigenvalue weighted by Gasteiger charge is -2.16. The molecule has 2 N–H and O–H groups in total. The van der Waals surface area contributed by atoms with E-state index in [4.69, 9.17) is 0 Å². The Kier molecular flexibility index (Phi) is 7.66. The molecule has 2 atom stereocenters. The van der Waals surface area contributed by atoms with Crippen LogP contribution in [0.15, 0.2) is 12.4 Å². The van der Waals surface area contributed by atoms with Crippen molar-refractivity contribution < 1.29 is 4.79 Å². The molecule has 134 valence electrons. The summed E-state index contributed by atoms with van der Waals surface area (Å²) < 4.78 is 1.78. The van der Waals surface area contributed by atoms with Gasteiger partial charge in [-0.3, -0.25) is 9.48 Å². The van der Waals surface area contributed by atoms with Gasteiger partial charge < -0.3 is 10.6 Å². The van der Waals surface area contributed by atoms with Crippen LogP contribution in [0, 0.1) is 19.8 Å². The Bertz CT molecular complexity index is 687. The summed E-state index contributed by atoms with van der Waals surface area (Å²) in [4.78, 5) is 18.1. The minimum atomic E-state index is -0.0430. The van der Waals surface area contributed by atoms with E-state index in [-0.39, 0.29) is 42.6 Å². The van der Waals surface area contributed by atoms with Gasteiger partial charge in [0.15, 0.2) is 0 Å². The fourth-order valence-corrected chi connectivity index (χ4v) is 3.85. The average molecular weight is 392 g/mol. The molecule has 0 radical (unpaired) electrons. The highest BCUT2D eigenvalue weighted by Crippen LogP contribution is 2.28. The van der Waals surface area contributed by atoms with Crippen LogP contribution in [0.1, 0.15) is 27.1 Å². The maximum absolute atomic E-state index is 12.5. The first kappa shape index (κ1) is 20.9. The van der Waals surface area contributed by atoms with Gasteiger partial charge in [-0.2, -0.15) is 5.10 Å². The number of thiazole rings is 1. The fourth-order valence-electron chi connectivity index (χ4n) is 2.97. The molecule has 0 bridgehead atoms. The molecule has 1 saturated heterocycles. The molecular weight excluding hydrogens is 369 g/mol. The van der Waals surface area contributed by atoms with E-state index in [9.17, 15) is 4.79 Å². The number of rotatable bonds is 4. The van der Waals surface area contributed by atoms with Crippen molar-refractivity contribution in [3.63, 3.8) is 0 Å². The van der Waals surface area contributed by atoms with Gasteiger partial charge in [-0.05, 0) is 19.4 Å². The van der Waals surface area contributed by atoms with Crippen molar-refractivity contribution in [2.24, 2.45) is 13.0 Å². The first-order valence-corrected chi connectivity index (χ1v) is 8.26. The number of nitrogens with one attached hydrogen (secondary N) is 2. The zero-order valence-electron chi connectivity index (χ0n) is 13.9. The minimum Gasteiger partial charge on any atom is -0.351 e. The second-order valence-electron chi connectivity index (χ2n) is 5.78. The predicted octanol–water partition coefficient (Wildman–Crippen LogP) is 1.96. The van der Waals surface area contributed by atoms with E-state index in [0.29, 0.717) is 13.1 Å². The monoisotopic (exact) mass is 391 g/mol. The smallest absolute Gasteiger partial charge is 0.225 e. The van der Waals surface area contributed by atoms with Crippen molar-refractivity contribution in [2.75, 3.05) is 13.1 Å². The molecule has 0 unspecified atom stereocenters. The summed E-state index contributed by atoms with van der Waals surface area (Å²) in [6, 6.07) is 0. The first-order chi connectivity index (χ1) is 10.5. The zero-order valence-corrected chi connectivity index (χ0v) is 16.4. The number of carbonyl (C=O) groups excluding carboxylic acids is 1. The lowest BCUT2D eigenvalue weighted by atomic mass is 9.90. The maximum Gasteiger partial charge on any atom is 0.225 e. The van der Waals surface area contributed by atoms with Crippen LogP contribution in [0.5, 0.6) is 0 Å². The molecule has 6 nitrogen and oxygen atoms in total. The highest BCUT2D eigenvalue weighted by Gasteiger charge is 2.34. The van der Waals surface area contributed by atoms with Gasteiger partial charge in [0.25, 0.3) is 0 Å². The number of amides is 1. The van der Waals surface area contributed by atoms with E-state index in [1.165, 1.54) is 0 Å². The Balaban J connectivity index is 0.00000144. The van der Waals surface area contributed by atoms with Gasteiger partial charge in [0.05, 0.1) is 29.4 Å². The van der Waals surface area contributed by atoms with Gasteiger partial charge >= 0.3 is 0 Å². The largest absolute Gasteiger partial charge is 0.351 e. The van der Waals surface area contributed by atoms with Crippen molar-refractivity contribution in [1.29, 1.82) is 0 Å². The van der Waals surface area contributed by atoms with Crippen LogP contribution in [0.25, 0.3) is 0 Å². The molecule has 1 aliphatic heterocycles. The third-order valence-electron chi connectivity index (χ3n) is 4.13. The van der Waals surface area contributed by atoms with Gasteiger partial charge in [-0.1, -0.05) is 0 Å². The van der Waals surface area contributed by atoms with Gasteiger partial charge in [-0.25, -0.2) is 4.98 Å². The number of halogens is 2. The second-order valence-corrected chi connectivity index (χ2v) is 7.07. The fraction of sp³-hybridized carbons (Fsp3) is 0.533. The highest BCUT2D eigenvalue weighted by atomic mass is 35.5. The molecule has 0 spiro atoms. The Morgan fingerprint density at radius 3 is 2.75 bits per heavy atom. The van der Waals surface area contributed by atoms with E-state index in [0.717, 1.165) is 27.7 Å². The lowest BCUT2D eigenvalue weighted by Crippen LogP contribution is -2.33. The summed E-state index contributed by atoms with van der Waals surface area (Å²) in [7, 11) is 1.90. The molecule has 3 heterocycles. The van der Waals surface area contributed by atoms with E-state index in [1.807, 2.05) is 33.3 Å². The van der Waals surface area contributed by atoms with E-state index in [1.54, 1.807) is 16.0 Å². The Morgan fingerprint density at radius 2 is 2.17 bits per heavy atom. The molecular formula is C15H23Cl2N5OS. The SMILES string of the molecule is Cc1nc(C)c(CNC(=O)[C@H]2CNC[C@@H]2c2cnn(C)c2)s1.Cl.Cl.